The van der Waals surface area contributed by atoms with Crippen LogP contribution in [0.1, 0.15) is 21.7 Å². The molecule has 0 spiro atoms. The molecule has 0 aliphatic rings. The lowest BCUT2D eigenvalue weighted by Crippen LogP contribution is -2.01. The number of halogens is 1. The van der Waals surface area contributed by atoms with Crippen LogP contribution in [0.25, 0.3) is 0 Å². The summed E-state index contributed by atoms with van der Waals surface area (Å²) < 4.78 is 5.19. The summed E-state index contributed by atoms with van der Waals surface area (Å²) in [4.78, 5) is 12.0. The summed E-state index contributed by atoms with van der Waals surface area (Å²) in [6, 6.07) is 10.9. The van der Waals surface area contributed by atoms with Gasteiger partial charge >= 0.3 is 0 Å². The van der Waals surface area contributed by atoms with E-state index >= 15 is 0 Å². The highest BCUT2D eigenvalue weighted by Crippen LogP contribution is 2.18. The number of rotatable bonds is 3. The first-order valence-corrected chi connectivity index (χ1v) is 5.67. The summed E-state index contributed by atoms with van der Waals surface area (Å²) in [7, 11) is 0. The normalized spacial score (nSPS) is 10.2. The molecule has 2 nitrogen and oxygen atoms in total. The number of benzene rings is 1. The van der Waals surface area contributed by atoms with Crippen molar-refractivity contribution in [2.45, 2.75) is 5.33 Å². The van der Waals surface area contributed by atoms with Crippen LogP contribution in [-0.2, 0) is 5.33 Å². The zero-order valence-corrected chi connectivity index (χ0v) is 9.53. The lowest BCUT2D eigenvalue weighted by molar-refractivity contribution is 0.101. The second-order valence-corrected chi connectivity index (χ2v) is 3.66. The molecule has 1 aromatic heterocycles. The maximum atomic E-state index is 12.0. The Morgan fingerprint density at radius 3 is 2.60 bits per heavy atom. The highest BCUT2D eigenvalue weighted by Gasteiger charge is 2.15. The van der Waals surface area contributed by atoms with Crippen LogP contribution >= 0.6 is 15.9 Å². The van der Waals surface area contributed by atoms with Crippen molar-refractivity contribution in [2.24, 2.45) is 0 Å². The van der Waals surface area contributed by atoms with E-state index in [-0.39, 0.29) is 5.78 Å². The van der Waals surface area contributed by atoms with Gasteiger partial charge < -0.3 is 4.42 Å². The topological polar surface area (TPSA) is 30.2 Å². The quantitative estimate of drug-likeness (QED) is 0.628. The van der Waals surface area contributed by atoms with Gasteiger partial charge in [-0.3, -0.25) is 4.79 Å². The minimum absolute atomic E-state index is 0.0740. The van der Waals surface area contributed by atoms with E-state index in [0.29, 0.717) is 16.7 Å². The van der Waals surface area contributed by atoms with Gasteiger partial charge in [-0.25, -0.2) is 0 Å². The van der Waals surface area contributed by atoms with Crippen molar-refractivity contribution in [3.8, 4) is 0 Å². The summed E-state index contributed by atoms with van der Waals surface area (Å²) >= 11 is 3.32. The summed E-state index contributed by atoms with van der Waals surface area (Å²) in [5, 5.41) is 0.622. The predicted octanol–water partition coefficient (Wildman–Crippen LogP) is 3.41. The van der Waals surface area contributed by atoms with Crippen LogP contribution in [0.3, 0.4) is 0 Å². The lowest BCUT2D eigenvalue weighted by atomic mass is 10.1. The number of hydrogen-bond donors (Lipinski definition) is 0. The van der Waals surface area contributed by atoms with Gasteiger partial charge in [0.25, 0.3) is 0 Å². The molecule has 0 saturated carbocycles. The van der Waals surface area contributed by atoms with Crippen molar-refractivity contribution in [2.75, 3.05) is 0 Å². The largest absolute Gasteiger partial charge is 0.461 e. The van der Waals surface area contributed by atoms with Gasteiger partial charge in [-0.1, -0.05) is 46.3 Å². The first-order valence-electron chi connectivity index (χ1n) is 4.55. The molecule has 3 heteroatoms. The van der Waals surface area contributed by atoms with E-state index < -0.39 is 0 Å². The third-order valence-electron chi connectivity index (χ3n) is 2.13. The highest BCUT2D eigenvalue weighted by molar-refractivity contribution is 9.08. The molecule has 1 heterocycles. The molecule has 2 rings (SSSR count). The van der Waals surface area contributed by atoms with E-state index in [9.17, 15) is 4.79 Å². The number of ketones is 1. The van der Waals surface area contributed by atoms with Crippen LogP contribution in [-0.4, -0.2) is 5.78 Å². The fourth-order valence-electron chi connectivity index (χ4n) is 1.36. The van der Waals surface area contributed by atoms with Gasteiger partial charge in [-0.05, 0) is 6.07 Å². The Labute approximate surface area is 96.0 Å². The van der Waals surface area contributed by atoms with E-state index in [1.807, 2.05) is 18.2 Å². The third-order valence-corrected chi connectivity index (χ3v) is 2.74. The molecule has 76 valence electrons. The standard InChI is InChI=1S/C12H9BrO2/c13-8-10-6-7-15-12(10)11(14)9-4-2-1-3-5-9/h1-7H,8H2. The molecule has 1 aromatic carbocycles. The summed E-state index contributed by atoms with van der Waals surface area (Å²) in [6.45, 7) is 0. The molecule has 0 bridgehead atoms. The smallest absolute Gasteiger partial charge is 0.228 e. The SMILES string of the molecule is O=C(c1ccccc1)c1occc1CBr. The minimum atomic E-state index is -0.0740. The van der Waals surface area contributed by atoms with Gasteiger partial charge in [0.2, 0.25) is 5.78 Å². The van der Waals surface area contributed by atoms with E-state index in [1.54, 1.807) is 18.2 Å². The fourth-order valence-corrected chi connectivity index (χ4v) is 1.80. The van der Waals surface area contributed by atoms with Gasteiger partial charge in [-0.2, -0.15) is 0 Å². The van der Waals surface area contributed by atoms with E-state index in [1.165, 1.54) is 6.26 Å². The van der Waals surface area contributed by atoms with Crippen molar-refractivity contribution < 1.29 is 9.21 Å². The van der Waals surface area contributed by atoms with Gasteiger partial charge in [0.15, 0.2) is 5.76 Å². The first kappa shape index (κ1) is 10.2. The third kappa shape index (κ3) is 2.02. The Morgan fingerprint density at radius 2 is 1.93 bits per heavy atom. The molecule has 0 atom stereocenters. The molecule has 2 aromatic rings. The predicted molar refractivity (Wildman–Crippen MR) is 61.2 cm³/mol. The Kier molecular flexibility index (Phi) is 3.02. The monoisotopic (exact) mass is 264 g/mol. The second kappa shape index (κ2) is 4.45. The average molecular weight is 265 g/mol. The highest BCUT2D eigenvalue weighted by atomic mass is 79.9. The molecule has 0 amide bonds. The van der Waals surface area contributed by atoms with Gasteiger partial charge in [0.1, 0.15) is 0 Å². The zero-order chi connectivity index (χ0) is 10.7. The zero-order valence-electron chi connectivity index (χ0n) is 7.94. The summed E-state index contributed by atoms with van der Waals surface area (Å²) in [5.74, 6) is 0.341. The molecule has 0 radical (unpaired) electrons. The number of carbonyl (C=O) groups excluding carboxylic acids is 1. The number of furan rings is 1. The minimum Gasteiger partial charge on any atom is -0.461 e. The van der Waals surface area contributed by atoms with E-state index in [2.05, 4.69) is 15.9 Å². The molecule has 0 aliphatic carbocycles. The Balaban J connectivity index is 2.37. The van der Waals surface area contributed by atoms with Crippen LogP contribution in [0.4, 0.5) is 0 Å². The van der Waals surface area contributed by atoms with E-state index in [0.717, 1.165) is 5.56 Å². The van der Waals surface area contributed by atoms with Crippen molar-refractivity contribution in [1.29, 1.82) is 0 Å². The Morgan fingerprint density at radius 1 is 1.20 bits per heavy atom. The lowest BCUT2D eigenvalue weighted by Gasteiger charge is -1.98. The molecule has 0 fully saturated rings. The molecule has 0 N–H and O–H groups in total. The van der Waals surface area contributed by atoms with Crippen molar-refractivity contribution in [3.05, 3.63) is 59.5 Å². The Bertz CT molecular complexity index is 459. The van der Waals surface area contributed by atoms with Gasteiger partial charge in [-0.15, -0.1) is 0 Å². The number of alkyl halides is 1. The number of carbonyl (C=O) groups is 1. The van der Waals surface area contributed by atoms with Crippen LogP contribution in [0.2, 0.25) is 0 Å². The molecular formula is C12H9BrO2. The van der Waals surface area contributed by atoms with Crippen LogP contribution in [0.15, 0.2) is 47.1 Å². The second-order valence-electron chi connectivity index (χ2n) is 3.10. The van der Waals surface area contributed by atoms with Gasteiger partial charge in [0, 0.05) is 16.5 Å². The molecule has 0 aliphatic heterocycles. The van der Waals surface area contributed by atoms with Crippen molar-refractivity contribution in [1.82, 2.24) is 0 Å². The summed E-state index contributed by atoms with van der Waals surface area (Å²) in [5.41, 5.74) is 1.53. The van der Waals surface area contributed by atoms with Crippen molar-refractivity contribution >= 4 is 21.7 Å². The molecule has 0 unspecified atom stereocenters. The number of hydrogen-bond acceptors (Lipinski definition) is 2. The fraction of sp³-hybridized carbons (Fsp3) is 0.0833. The summed E-state index contributed by atoms with van der Waals surface area (Å²) in [6.07, 6.45) is 1.53. The molecule has 15 heavy (non-hydrogen) atoms. The first-order chi connectivity index (χ1) is 7.33. The molecular weight excluding hydrogens is 256 g/mol. The van der Waals surface area contributed by atoms with Gasteiger partial charge in [0.05, 0.1) is 6.26 Å². The molecule has 0 saturated heterocycles. The maximum Gasteiger partial charge on any atom is 0.228 e. The van der Waals surface area contributed by atoms with E-state index in [4.69, 9.17) is 4.42 Å². The maximum absolute atomic E-state index is 12.0. The van der Waals surface area contributed by atoms with Crippen LogP contribution in [0.5, 0.6) is 0 Å². The van der Waals surface area contributed by atoms with Crippen LogP contribution < -0.4 is 0 Å². The van der Waals surface area contributed by atoms with Crippen LogP contribution in [0, 0.1) is 0 Å². The Hall–Kier alpha value is -1.35. The average Bonchev–Trinajstić information content (AvgIpc) is 2.77. The van der Waals surface area contributed by atoms with Crippen molar-refractivity contribution in [3.63, 3.8) is 0 Å².